The third kappa shape index (κ3) is 1.92. The zero-order valence-electron chi connectivity index (χ0n) is 10.8. The fourth-order valence-corrected chi connectivity index (χ4v) is 4.56. The van der Waals surface area contributed by atoms with E-state index in [9.17, 15) is 0 Å². The van der Waals surface area contributed by atoms with Crippen LogP contribution in [0, 0.1) is 5.92 Å². The van der Waals surface area contributed by atoms with E-state index in [1.54, 1.807) is 0 Å². The first kappa shape index (κ1) is 11.6. The molecule has 0 bridgehead atoms. The highest BCUT2D eigenvalue weighted by Gasteiger charge is 2.45. The molecule has 0 N–H and O–H groups in total. The first-order valence-electron chi connectivity index (χ1n) is 6.51. The van der Waals surface area contributed by atoms with Crippen LogP contribution in [0.15, 0.2) is 29.2 Å². The Morgan fingerprint density at radius 1 is 1.24 bits per heavy atom. The van der Waals surface area contributed by atoms with Crippen molar-refractivity contribution in [2.75, 3.05) is 0 Å². The molecular weight excluding hydrogens is 228 g/mol. The highest BCUT2D eigenvalue weighted by molar-refractivity contribution is 8.00. The summed E-state index contributed by atoms with van der Waals surface area (Å²) in [6.45, 7) is 6.93. The Morgan fingerprint density at radius 3 is 2.82 bits per heavy atom. The number of thioether (sulfide) groups is 1. The molecule has 17 heavy (non-hydrogen) atoms. The van der Waals surface area contributed by atoms with Crippen molar-refractivity contribution in [2.45, 2.75) is 55.5 Å². The second-order valence-electron chi connectivity index (χ2n) is 5.79. The van der Waals surface area contributed by atoms with E-state index in [1.165, 1.54) is 23.3 Å². The number of fused-ring (bicyclic) bond motifs is 3. The van der Waals surface area contributed by atoms with Gasteiger partial charge in [-0.3, -0.25) is 0 Å². The van der Waals surface area contributed by atoms with Gasteiger partial charge in [-0.2, -0.15) is 0 Å². The van der Waals surface area contributed by atoms with Crippen molar-refractivity contribution in [3.63, 3.8) is 0 Å². The summed E-state index contributed by atoms with van der Waals surface area (Å²) in [7, 11) is 0. The maximum absolute atomic E-state index is 6.24. The Morgan fingerprint density at radius 2 is 2.00 bits per heavy atom. The van der Waals surface area contributed by atoms with Crippen LogP contribution in [0.25, 0.3) is 0 Å². The van der Waals surface area contributed by atoms with Gasteiger partial charge < -0.3 is 4.74 Å². The number of ether oxygens (including phenoxy) is 1. The smallest absolute Gasteiger partial charge is 0.0880 e. The summed E-state index contributed by atoms with van der Waals surface area (Å²) in [6.07, 6.45) is 3.21. The zero-order chi connectivity index (χ0) is 12.0. The van der Waals surface area contributed by atoms with Gasteiger partial charge in [-0.1, -0.05) is 18.2 Å². The van der Waals surface area contributed by atoms with Crippen molar-refractivity contribution >= 4 is 11.8 Å². The van der Waals surface area contributed by atoms with E-state index in [0.29, 0.717) is 22.9 Å². The normalized spacial score (nSPS) is 34.9. The molecule has 0 spiro atoms. The van der Waals surface area contributed by atoms with Crippen molar-refractivity contribution in [3.8, 4) is 0 Å². The van der Waals surface area contributed by atoms with Gasteiger partial charge in [0, 0.05) is 15.6 Å². The highest BCUT2D eigenvalue weighted by atomic mass is 32.2. The van der Waals surface area contributed by atoms with Gasteiger partial charge in [-0.05, 0) is 45.2 Å². The molecule has 1 aromatic rings. The van der Waals surface area contributed by atoms with Crippen molar-refractivity contribution in [2.24, 2.45) is 5.92 Å². The fraction of sp³-hybridized carbons (Fsp3) is 0.600. The van der Waals surface area contributed by atoms with Crippen molar-refractivity contribution < 1.29 is 4.74 Å². The van der Waals surface area contributed by atoms with Crippen LogP contribution in [-0.2, 0) is 4.74 Å². The molecular formula is C15H20OS. The fourth-order valence-electron chi connectivity index (χ4n) is 3.15. The quantitative estimate of drug-likeness (QED) is 0.672. The molecule has 1 fully saturated rings. The summed E-state index contributed by atoms with van der Waals surface area (Å²) in [5, 5.41) is 0. The molecule has 0 aliphatic carbocycles. The van der Waals surface area contributed by atoms with Crippen LogP contribution in [-0.4, -0.2) is 10.9 Å². The molecule has 0 amide bonds. The van der Waals surface area contributed by atoms with Crippen LogP contribution in [0.5, 0.6) is 0 Å². The molecule has 2 heteroatoms. The van der Waals surface area contributed by atoms with E-state index in [2.05, 4.69) is 45.0 Å². The number of hydrogen-bond acceptors (Lipinski definition) is 2. The molecule has 0 radical (unpaired) electrons. The molecule has 0 unspecified atom stereocenters. The van der Waals surface area contributed by atoms with Gasteiger partial charge in [0.05, 0.1) is 12.2 Å². The summed E-state index contributed by atoms with van der Waals surface area (Å²) in [5.41, 5.74) is 1.41. The van der Waals surface area contributed by atoms with Gasteiger partial charge in [0.2, 0.25) is 0 Å². The topological polar surface area (TPSA) is 9.23 Å². The van der Waals surface area contributed by atoms with E-state index in [-0.39, 0.29) is 0 Å². The Balaban J connectivity index is 2.05. The number of hydrogen-bond donors (Lipinski definition) is 0. The van der Waals surface area contributed by atoms with Gasteiger partial charge in [0.1, 0.15) is 0 Å². The van der Waals surface area contributed by atoms with Gasteiger partial charge >= 0.3 is 0 Å². The molecule has 3 atom stereocenters. The standard InChI is InChI=1S/C15H20OS/c1-10-8-9-12-14(16-10)11-6-4-5-7-13(11)17-15(12,2)3/h4-7,10,12,14H,8-9H2,1-3H3/t10-,12-,14+/m1/s1. The first-order valence-corrected chi connectivity index (χ1v) is 7.33. The lowest BCUT2D eigenvalue weighted by Gasteiger charge is -2.48. The lowest BCUT2D eigenvalue weighted by molar-refractivity contribution is -0.0877. The Hall–Kier alpha value is -0.470. The van der Waals surface area contributed by atoms with E-state index >= 15 is 0 Å². The Kier molecular flexibility index (Phi) is 2.75. The predicted molar refractivity (Wildman–Crippen MR) is 72.4 cm³/mol. The minimum atomic E-state index is 0.291. The minimum Gasteiger partial charge on any atom is -0.370 e. The van der Waals surface area contributed by atoms with Crippen LogP contribution < -0.4 is 0 Å². The molecule has 1 nitrogen and oxygen atoms in total. The summed E-state index contributed by atoms with van der Waals surface area (Å²) < 4.78 is 6.53. The third-order valence-corrected chi connectivity index (χ3v) is 5.54. The monoisotopic (exact) mass is 248 g/mol. The van der Waals surface area contributed by atoms with Crippen LogP contribution in [0.4, 0.5) is 0 Å². The van der Waals surface area contributed by atoms with Crippen LogP contribution in [0.3, 0.4) is 0 Å². The molecule has 3 rings (SSSR count). The molecule has 0 saturated carbocycles. The van der Waals surface area contributed by atoms with Crippen LogP contribution in [0.2, 0.25) is 0 Å². The van der Waals surface area contributed by atoms with E-state index in [4.69, 9.17) is 4.74 Å². The third-order valence-electron chi connectivity index (χ3n) is 4.12. The zero-order valence-corrected chi connectivity index (χ0v) is 11.6. The SMILES string of the molecule is C[C@@H]1CC[C@@H]2[C@@H](O1)c1ccccc1SC2(C)C. The summed E-state index contributed by atoms with van der Waals surface area (Å²) in [6, 6.07) is 8.75. The molecule has 0 aromatic heterocycles. The molecule has 2 heterocycles. The molecule has 1 saturated heterocycles. The van der Waals surface area contributed by atoms with E-state index in [0.717, 1.165) is 0 Å². The summed E-state index contributed by atoms with van der Waals surface area (Å²) in [5.74, 6) is 0.651. The van der Waals surface area contributed by atoms with Crippen molar-refractivity contribution in [3.05, 3.63) is 29.8 Å². The lowest BCUT2D eigenvalue weighted by Crippen LogP contribution is -2.41. The van der Waals surface area contributed by atoms with Crippen LogP contribution >= 0.6 is 11.8 Å². The highest BCUT2D eigenvalue weighted by Crippen LogP contribution is 2.55. The average molecular weight is 248 g/mol. The maximum atomic E-state index is 6.24. The largest absolute Gasteiger partial charge is 0.370 e. The molecule has 2 aliphatic heterocycles. The van der Waals surface area contributed by atoms with E-state index in [1.807, 2.05) is 11.8 Å². The van der Waals surface area contributed by atoms with Crippen molar-refractivity contribution in [1.82, 2.24) is 0 Å². The molecule has 2 aliphatic rings. The van der Waals surface area contributed by atoms with Crippen LogP contribution in [0.1, 0.15) is 45.3 Å². The maximum Gasteiger partial charge on any atom is 0.0880 e. The summed E-state index contributed by atoms with van der Waals surface area (Å²) in [4.78, 5) is 1.41. The minimum absolute atomic E-state index is 0.291. The number of benzene rings is 1. The lowest BCUT2D eigenvalue weighted by atomic mass is 9.79. The number of rotatable bonds is 0. The summed E-state index contributed by atoms with van der Waals surface area (Å²) >= 11 is 2.02. The second kappa shape index (κ2) is 4.03. The molecule has 92 valence electrons. The predicted octanol–water partition coefficient (Wildman–Crippen LogP) is 4.43. The van der Waals surface area contributed by atoms with Gasteiger partial charge in [0.15, 0.2) is 0 Å². The molecule has 1 aromatic carbocycles. The average Bonchev–Trinajstić information content (AvgIpc) is 2.28. The Labute approximate surface area is 108 Å². The van der Waals surface area contributed by atoms with Gasteiger partial charge in [0.25, 0.3) is 0 Å². The van der Waals surface area contributed by atoms with Gasteiger partial charge in [-0.15, -0.1) is 11.8 Å². The second-order valence-corrected chi connectivity index (χ2v) is 7.49. The first-order chi connectivity index (χ1) is 8.08. The van der Waals surface area contributed by atoms with Gasteiger partial charge in [-0.25, -0.2) is 0 Å². The van der Waals surface area contributed by atoms with E-state index < -0.39 is 0 Å². The Bertz CT molecular complexity index is 427. The van der Waals surface area contributed by atoms with Crippen molar-refractivity contribution in [1.29, 1.82) is 0 Å².